The number of hydrogen-bond acceptors (Lipinski definition) is 4. The standard InChI is InChI=1S/C20H25N3O2/c1-14-8-10-23(11-9-14)19-7-6-16(21)13-18(19)22-20(24)15-4-3-5-17(12-15)25-2/h3-7,12-14H,8-11,21H2,1-2H3,(H,22,24). The van der Waals surface area contributed by atoms with Crippen LogP contribution in [0.25, 0.3) is 0 Å². The van der Waals surface area contributed by atoms with E-state index in [2.05, 4.69) is 17.1 Å². The normalized spacial score (nSPS) is 15.0. The SMILES string of the molecule is COc1cccc(C(=O)Nc2cc(N)ccc2N2CCC(C)CC2)c1. The molecule has 1 aliphatic heterocycles. The number of carbonyl (C=O) groups is 1. The van der Waals surface area contributed by atoms with Crippen molar-refractivity contribution in [3.63, 3.8) is 0 Å². The van der Waals surface area contributed by atoms with E-state index in [1.165, 1.54) is 0 Å². The first-order valence-corrected chi connectivity index (χ1v) is 8.66. The van der Waals surface area contributed by atoms with Crippen molar-refractivity contribution in [2.24, 2.45) is 5.92 Å². The molecule has 1 heterocycles. The van der Waals surface area contributed by atoms with E-state index in [1.807, 2.05) is 24.3 Å². The molecule has 0 saturated carbocycles. The Labute approximate surface area is 148 Å². The average molecular weight is 339 g/mol. The summed E-state index contributed by atoms with van der Waals surface area (Å²) in [5.74, 6) is 1.24. The van der Waals surface area contributed by atoms with Gasteiger partial charge in [-0.3, -0.25) is 4.79 Å². The number of nitrogen functional groups attached to an aromatic ring is 1. The number of amides is 1. The number of methoxy groups -OCH3 is 1. The quantitative estimate of drug-likeness (QED) is 0.832. The fourth-order valence-corrected chi connectivity index (χ4v) is 3.14. The van der Waals surface area contributed by atoms with Crippen LogP contribution in [-0.2, 0) is 0 Å². The lowest BCUT2D eigenvalue weighted by Gasteiger charge is -2.33. The van der Waals surface area contributed by atoms with Crippen molar-refractivity contribution < 1.29 is 9.53 Å². The summed E-state index contributed by atoms with van der Waals surface area (Å²) >= 11 is 0. The van der Waals surface area contributed by atoms with E-state index >= 15 is 0 Å². The largest absolute Gasteiger partial charge is 0.497 e. The third-order valence-electron chi connectivity index (χ3n) is 4.73. The van der Waals surface area contributed by atoms with Crippen molar-refractivity contribution in [1.82, 2.24) is 0 Å². The van der Waals surface area contributed by atoms with Gasteiger partial charge in [0.2, 0.25) is 0 Å². The maximum atomic E-state index is 12.7. The van der Waals surface area contributed by atoms with Crippen LogP contribution in [0.5, 0.6) is 5.75 Å². The monoisotopic (exact) mass is 339 g/mol. The van der Waals surface area contributed by atoms with Crippen molar-refractivity contribution in [1.29, 1.82) is 0 Å². The van der Waals surface area contributed by atoms with Gasteiger partial charge in [-0.15, -0.1) is 0 Å². The number of nitrogens with one attached hydrogen (secondary N) is 1. The fourth-order valence-electron chi connectivity index (χ4n) is 3.14. The number of anilines is 3. The molecule has 5 nitrogen and oxygen atoms in total. The smallest absolute Gasteiger partial charge is 0.255 e. The van der Waals surface area contributed by atoms with Crippen LogP contribution in [0.1, 0.15) is 30.1 Å². The maximum Gasteiger partial charge on any atom is 0.255 e. The third kappa shape index (κ3) is 4.05. The Kier molecular flexibility index (Phi) is 5.12. The van der Waals surface area contributed by atoms with Crippen LogP contribution >= 0.6 is 0 Å². The lowest BCUT2D eigenvalue weighted by atomic mass is 9.98. The highest BCUT2D eigenvalue weighted by molar-refractivity contribution is 6.06. The highest BCUT2D eigenvalue weighted by Gasteiger charge is 2.19. The summed E-state index contributed by atoms with van der Waals surface area (Å²) in [6.07, 6.45) is 2.32. The Bertz CT molecular complexity index is 752. The number of carbonyl (C=O) groups excluding carboxylic acids is 1. The van der Waals surface area contributed by atoms with E-state index in [-0.39, 0.29) is 5.91 Å². The summed E-state index contributed by atoms with van der Waals surface area (Å²) < 4.78 is 5.20. The van der Waals surface area contributed by atoms with Crippen molar-refractivity contribution in [3.8, 4) is 5.75 Å². The van der Waals surface area contributed by atoms with Crippen molar-refractivity contribution in [2.45, 2.75) is 19.8 Å². The molecule has 5 heteroatoms. The Balaban J connectivity index is 1.83. The summed E-state index contributed by atoms with van der Waals surface area (Å²) in [6, 6.07) is 12.8. The predicted octanol–water partition coefficient (Wildman–Crippen LogP) is 3.77. The van der Waals surface area contributed by atoms with Gasteiger partial charge in [0.05, 0.1) is 18.5 Å². The molecule has 2 aromatic rings. The van der Waals surface area contributed by atoms with Crippen LogP contribution in [0.2, 0.25) is 0 Å². The van der Waals surface area contributed by atoms with Gasteiger partial charge in [0.25, 0.3) is 5.91 Å². The Hall–Kier alpha value is -2.69. The van der Waals surface area contributed by atoms with Crippen LogP contribution < -0.4 is 20.7 Å². The van der Waals surface area contributed by atoms with E-state index in [0.717, 1.165) is 43.2 Å². The van der Waals surface area contributed by atoms with Crippen molar-refractivity contribution >= 4 is 23.0 Å². The highest BCUT2D eigenvalue weighted by atomic mass is 16.5. The van der Waals surface area contributed by atoms with Crippen LogP contribution in [0.4, 0.5) is 17.1 Å². The first-order valence-electron chi connectivity index (χ1n) is 8.66. The lowest BCUT2D eigenvalue weighted by molar-refractivity contribution is 0.102. The van der Waals surface area contributed by atoms with Gasteiger partial charge in [0, 0.05) is 24.3 Å². The molecule has 0 atom stereocenters. The molecule has 1 amide bonds. The Morgan fingerprint density at radius 3 is 2.68 bits per heavy atom. The fraction of sp³-hybridized carbons (Fsp3) is 0.350. The van der Waals surface area contributed by atoms with Crippen LogP contribution in [0, 0.1) is 5.92 Å². The van der Waals surface area contributed by atoms with Crippen LogP contribution in [0.3, 0.4) is 0 Å². The van der Waals surface area contributed by atoms with Crippen molar-refractivity contribution in [3.05, 3.63) is 48.0 Å². The second kappa shape index (κ2) is 7.47. The molecule has 25 heavy (non-hydrogen) atoms. The summed E-state index contributed by atoms with van der Waals surface area (Å²) in [7, 11) is 1.59. The molecule has 1 fully saturated rings. The van der Waals surface area contributed by atoms with Gasteiger partial charge in [-0.25, -0.2) is 0 Å². The van der Waals surface area contributed by atoms with E-state index in [1.54, 1.807) is 25.3 Å². The second-order valence-corrected chi connectivity index (χ2v) is 6.63. The minimum atomic E-state index is -0.170. The van der Waals surface area contributed by atoms with E-state index < -0.39 is 0 Å². The van der Waals surface area contributed by atoms with Gasteiger partial charge < -0.3 is 20.7 Å². The molecule has 3 N–H and O–H groups in total. The van der Waals surface area contributed by atoms with E-state index in [9.17, 15) is 4.79 Å². The minimum absolute atomic E-state index is 0.170. The molecule has 0 aliphatic carbocycles. The van der Waals surface area contributed by atoms with Gasteiger partial charge in [-0.1, -0.05) is 13.0 Å². The van der Waals surface area contributed by atoms with Gasteiger partial charge in [0.15, 0.2) is 0 Å². The Morgan fingerprint density at radius 2 is 1.96 bits per heavy atom. The molecule has 2 aromatic carbocycles. The van der Waals surface area contributed by atoms with Crippen molar-refractivity contribution in [2.75, 3.05) is 36.1 Å². The van der Waals surface area contributed by atoms with E-state index in [4.69, 9.17) is 10.5 Å². The van der Waals surface area contributed by atoms with E-state index in [0.29, 0.717) is 17.0 Å². The molecule has 132 valence electrons. The predicted molar refractivity (Wildman–Crippen MR) is 102 cm³/mol. The number of nitrogens with two attached hydrogens (primary N) is 1. The molecule has 0 bridgehead atoms. The van der Waals surface area contributed by atoms with Gasteiger partial charge in [-0.05, 0) is 55.2 Å². The molecular formula is C20H25N3O2. The first kappa shape index (κ1) is 17.1. The van der Waals surface area contributed by atoms with Crippen LogP contribution in [-0.4, -0.2) is 26.1 Å². The summed E-state index contributed by atoms with van der Waals surface area (Å²) in [4.78, 5) is 15.0. The number of hydrogen-bond donors (Lipinski definition) is 2. The summed E-state index contributed by atoms with van der Waals surface area (Å²) in [6.45, 7) is 4.27. The molecule has 1 aliphatic rings. The zero-order valence-electron chi connectivity index (χ0n) is 14.8. The van der Waals surface area contributed by atoms with Gasteiger partial charge in [-0.2, -0.15) is 0 Å². The zero-order chi connectivity index (χ0) is 17.8. The van der Waals surface area contributed by atoms with Gasteiger partial charge >= 0.3 is 0 Å². The number of rotatable bonds is 4. The summed E-state index contributed by atoms with van der Waals surface area (Å²) in [5, 5.41) is 3.01. The molecular weight excluding hydrogens is 314 g/mol. The van der Waals surface area contributed by atoms with Gasteiger partial charge in [0.1, 0.15) is 5.75 Å². The Morgan fingerprint density at radius 1 is 1.20 bits per heavy atom. The number of benzene rings is 2. The zero-order valence-corrected chi connectivity index (χ0v) is 14.8. The highest BCUT2D eigenvalue weighted by Crippen LogP contribution is 2.32. The molecule has 3 rings (SSSR count). The third-order valence-corrected chi connectivity index (χ3v) is 4.73. The molecule has 0 radical (unpaired) electrons. The van der Waals surface area contributed by atoms with Crippen LogP contribution in [0.15, 0.2) is 42.5 Å². The first-order chi connectivity index (χ1) is 12.1. The molecule has 1 saturated heterocycles. The molecule has 0 unspecified atom stereocenters. The topological polar surface area (TPSA) is 67.6 Å². The lowest BCUT2D eigenvalue weighted by Crippen LogP contribution is -2.33. The average Bonchev–Trinajstić information content (AvgIpc) is 2.63. The summed E-state index contributed by atoms with van der Waals surface area (Å²) in [5.41, 5.74) is 8.92. The number of piperidine rings is 1. The maximum absolute atomic E-state index is 12.7. The number of nitrogens with zero attached hydrogens (tertiary/aromatic N) is 1. The number of ether oxygens (including phenoxy) is 1. The molecule has 0 spiro atoms. The minimum Gasteiger partial charge on any atom is -0.497 e. The molecule has 0 aromatic heterocycles. The second-order valence-electron chi connectivity index (χ2n) is 6.63.